The molecule has 0 spiro atoms. The standard InChI is InChI=1S/C12H21NO4/c1-3-7(4-2)10(14)6-13-11(15)8-5-9(8)12(16)17/h7-10,14H,3-6H2,1-2H3,(H,13,15)(H,16,17)/t8-,9+,10?/m1/s1. The highest BCUT2D eigenvalue weighted by Gasteiger charge is 2.48. The summed E-state index contributed by atoms with van der Waals surface area (Å²) in [6.07, 6.45) is 1.61. The molecule has 3 N–H and O–H groups in total. The number of aliphatic hydroxyl groups is 1. The van der Waals surface area contributed by atoms with Crippen LogP contribution >= 0.6 is 0 Å². The topological polar surface area (TPSA) is 86.6 Å². The van der Waals surface area contributed by atoms with Gasteiger partial charge >= 0.3 is 5.97 Å². The average molecular weight is 243 g/mol. The van der Waals surface area contributed by atoms with Crippen LogP contribution in [0.5, 0.6) is 0 Å². The van der Waals surface area contributed by atoms with Crippen molar-refractivity contribution >= 4 is 11.9 Å². The van der Waals surface area contributed by atoms with Crippen LogP contribution in [0.2, 0.25) is 0 Å². The molecular weight excluding hydrogens is 222 g/mol. The first-order valence-electron chi connectivity index (χ1n) is 6.19. The molecule has 1 amide bonds. The van der Waals surface area contributed by atoms with Gasteiger partial charge in [-0.1, -0.05) is 26.7 Å². The molecule has 1 fully saturated rings. The minimum atomic E-state index is -0.911. The molecule has 1 rings (SSSR count). The predicted molar refractivity (Wildman–Crippen MR) is 62.3 cm³/mol. The second-order valence-electron chi connectivity index (χ2n) is 4.68. The second-order valence-corrected chi connectivity index (χ2v) is 4.68. The first-order valence-corrected chi connectivity index (χ1v) is 6.19. The van der Waals surface area contributed by atoms with Crippen LogP contribution in [0, 0.1) is 17.8 Å². The van der Waals surface area contributed by atoms with Crippen molar-refractivity contribution in [2.45, 2.75) is 39.2 Å². The zero-order valence-corrected chi connectivity index (χ0v) is 10.3. The van der Waals surface area contributed by atoms with Gasteiger partial charge in [-0.2, -0.15) is 0 Å². The molecule has 0 aromatic rings. The Balaban J connectivity index is 2.27. The molecule has 0 aromatic heterocycles. The highest BCUT2D eigenvalue weighted by atomic mass is 16.4. The predicted octanol–water partition coefficient (Wildman–Crippen LogP) is 0.620. The monoisotopic (exact) mass is 243 g/mol. The largest absolute Gasteiger partial charge is 0.481 e. The summed E-state index contributed by atoms with van der Waals surface area (Å²) < 4.78 is 0. The van der Waals surface area contributed by atoms with Gasteiger partial charge in [-0.05, 0) is 12.3 Å². The summed E-state index contributed by atoms with van der Waals surface area (Å²) in [4.78, 5) is 22.1. The summed E-state index contributed by atoms with van der Waals surface area (Å²) >= 11 is 0. The summed E-state index contributed by atoms with van der Waals surface area (Å²) in [5.41, 5.74) is 0. The van der Waals surface area contributed by atoms with Crippen molar-refractivity contribution in [3.63, 3.8) is 0 Å². The number of carbonyl (C=O) groups excluding carboxylic acids is 1. The van der Waals surface area contributed by atoms with E-state index < -0.39 is 23.9 Å². The van der Waals surface area contributed by atoms with Gasteiger partial charge in [-0.15, -0.1) is 0 Å². The quantitative estimate of drug-likeness (QED) is 0.612. The van der Waals surface area contributed by atoms with E-state index in [1.165, 1.54) is 0 Å². The van der Waals surface area contributed by atoms with Crippen molar-refractivity contribution in [1.29, 1.82) is 0 Å². The molecular formula is C12H21NO4. The van der Waals surface area contributed by atoms with Gasteiger partial charge in [0.25, 0.3) is 0 Å². The molecule has 1 unspecified atom stereocenters. The van der Waals surface area contributed by atoms with E-state index >= 15 is 0 Å². The number of carboxylic acid groups (broad SMARTS) is 1. The third kappa shape index (κ3) is 3.70. The summed E-state index contributed by atoms with van der Waals surface area (Å²) in [5.74, 6) is -1.90. The van der Waals surface area contributed by atoms with Crippen LogP contribution in [-0.4, -0.2) is 34.7 Å². The first kappa shape index (κ1) is 14.0. The molecule has 0 radical (unpaired) electrons. The molecule has 3 atom stereocenters. The number of nitrogens with one attached hydrogen (secondary N) is 1. The van der Waals surface area contributed by atoms with Gasteiger partial charge in [0.15, 0.2) is 0 Å². The highest BCUT2D eigenvalue weighted by Crippen LogP contribution is 2.38. The lowest BCUT2D eigenvalue weighted by molar-refractivity contribution is -0.140. The van der Waals surface area contributed by atoms with Crippen molar-refractivity contribution < 1.29 is 19.8 Å². The Hall–Kier alpha value is -1.10. The fourth-order valence-electron chi connectivity index (χ4n) is 2.09. The van der Waals surface area contributed by atoms with Crippen molar-refractivity contribution in [2.24, 2.45) is 17.8 Å². The number of hydrogen-bond donors (Lipinski definition) is 3. The molecule has 0 saturated heterocycles. The third-order valence-corrected chi connectivity index (χ3v) is 3.52. The van der Waals surface area contributed by atoms with E-state index in [0.29, 0.717) is 6.42 Å². The Labute approximate surface area is 101 Å². The molecule has 5 nitrogen and oxygen atoms in total. The van der Waals surface area contributed by atoms with E-state index in [1.807, 2.05) is 13.8 Å². The van der Waals surface area contributed by atoms with E-state index in [0.717, 1.165) is 12.8 Å². The van der Waals surface area contributed by atoms with E-state index in [1.54, 1.807) is 0 Å². The summed E-state index contributed by atoms with van der Waals surface area (Å²) in [7, 11) is 0. The molecule has 98 valence electrons. The molecule has 0 bridgehead atoms. The summed E-state index contributed by atoms with van der Waals surface area (Å²) in [5, 5.41) is 21.1. The van der Waals surface area contributed by atoms with Gasteiger partial charge in [0.2, 0.25) is 5.91 Å². The van der Waals surface area contributed by atoms with Crippen molar-refractivity contribution in [2.75, 3.05) is 6.54 Å². The molecule has 17 heavy (non-hydrogen) atoms. The normalized spacial score (nSPS) is 24.5. The number of aliphatic carboxylic acids is 1. The van der Waals surface area contributed by atoms with Crippen LogP contribution in [0.15, 0.2) is 0 Å². The lowest BCUT2D eigenvalue weighted by atomic mass is 9.96. The Morgan fingerprint density at radius 2 is 1.88 bits per heavy atom. The Morgan fingerprint density at radius 1 is 1.29 bits per heavy atom. The molecule has 0 aliphatic heterocycles. The molecule has 1 aliphatic carbocycles. The number of rotatable bonds is 7. The van der Waals surface area contributed by atoms with Crippen molar-refractivity contribution in [1.82, 2.24) is 5.32 Å². The molecule has 1 aliphatic rings. The lowest BCUT2D eigenvalue weighted by Gasteiger charge is -2.20. The average Bonchev–Trinajstić information content (AvgIpc) is 3.07. The minimum absolute atomic E-state index is 0.185. The maximum absolute atomic E-state index is 11.5. The van der Waals surface area contributed by atoms with Gasteiger partial charge in [0.05, 0.1) is 17.9 Å². The Kier molecular flexibility index (Phi) is 4.93. The number of carbonyl (C=O) groups is 2. The van der Waals surface area contributed by atoms with Crippen LogP contribution in [0.3, 0.4) is 0 Å². The van der Waals surface area contributed by atoms with Crippen LogP contribution in [-0.2, 0) is 9.59 Å². The zero-order chi connectivity index (χ0) is 13.0. The smallest absolute Gasteiger partial charge is 0.307 e. The number of carboxylic acids is 1. The van der Waals surface area contributed by atoms with Crippen molar-refractivity contribution in [3.05, 3.63) is 0 Å². The van der Waals surface area contributed by atoms with Crippen LogP contribution in [0.25, 0.3) is 0 Å². The Bertz CT molecular complexity index is 288. The highest BCUT2D eigenvalue weighted by molar-refractivity contribution is 5.89. The van der Waals surface area contributed by atoms with Crippen molar-refractivity contribution in [3.8, 4) is 0 Å². The molecule has 1 saturated carbocycles. The fraction of sp³-hybridized carbons (Fsp3) is 0.833. The number of aliphatic hydroxyl groups excluding tert-OH is 1. The SMILES string of the molecule is CCC(CC)C(O)CNC(=O)[C@@H]1C[C@@H]1C(=O)O. The maximum atomic E-state index is 11.5. The van der Waals surface area contributed by atoms with Crippen LogP contribution in [0.1, 0.15) is 33.1 Å². The number of hydrogen-bond acceptors (Lipinski definition) is 3. The fourth-order valence-corrected chi connectivity index (χ4v) is 2.09. The van der Waals surface area contributed by atoms with E-state index in [-0.39, 0.29) is 18.4 Å². The van der Waals surface area contributed by atoms with Gasteiger partial charge in [-0.3, -0.25) is 9.59 Å². The zero-order valence-electron chi connectivity index (χ0n) is 10.3. The lowest BCUT2D eigenvalue weighted by Crippen LogP contribution is -2.37. The van der Waals surface area contributed by atoms with E-state index in [4.69, 9.17) is 5.11 Å². The third-order valence-electron chi connectivity index (χ3n) is 3.52. The summed E-state index contributed by atoms with van der Waals surface area (Å²) in [6.45, 7) is 4.22. The second kappa shape index (κ2) is 6.00. The van der Waals surface area contributed by atoms with Crippen LogP contribution in [0.4, 0.5) is 0 Å². The van der Waals surface area contributed by atoms with E-state index in [9.17, 15) is 14.7 Å². The minimum Gasteiger partial charge on any atom is -0.481 e. The van der Waals surface area contributed by atoms with Gasteiger partial charge in [0.1, 0.15) is 0 Å². The van der Waals surface area contributed by atoms with E-state index in [2.05, 4.69) is 5.32 Å². The Morgan fingerprint density at radius 3 is 2.29 bits per heavy atom. The molecule has 0 aromatic carbocycles. The molecule has 5 heteroatoms. The van der Waals surface area contributed by atoms with Gasteiger partial charge in [-0.25, -0.2) is 0 Å². The summed E-state index contributed by atoms with van der Waals surface area (Å²) in [6, 6.07) is 0. The first-order chi connectivity index (χ1) is 8.01. The van der Waals surface area contributed by atoms with Gasteiger partial charge < -0.3 is 15.5 Å². The molecule has 0 heterocycles. The van der Waals surface area contributed by atoms with Crippen LogP contribution < -0.4 is 5.32 Å². The van der Waals surface area contributed by atoms with Gasteiger partial charge in [0, 0.05) is 6.54 Å². The maximum Gasteiger partial charge on any atom is 0.307 e. The number of amides is 1.